The van der Waals surface area contributed by atoms with E-state index in [-0.39, 0.29) is 35.2 Å². The Morgan fingerprint density at radius 1 is 1.15 bits per heavy atom. The highest BCUT2D eigenvalue weighted by Crippen LogP contribution is 2.33. The molecule has 0 unspecified atom stereocenters. The molecule has 11 heteroatoms. The Morgan fingerprint density at radius 3 is 2.35 bits per heavy atom. The average Bonchev–Trinajstić information content (AvgIpc) is 3.20. The standard InChI is InChI=1S/C23H25N5O5S/c1-13-3-7-15(8-4-13)28(23(32)20-17(24)18(21(25)30)27-34-20)19(22(31)26-11-12-33-2)14-5-9-16(29)10-6-14/h3-10,19,29H,11-12,24H2,1-2H3,(H2,25,30)(H,26,31)/t19-/m1/s1. The van der Waals surface area contributed by atoms with Crippen molar-refractivity contribution in [3.63, 3.8) is 0 Å². The first-order valence-corrected chi connectivity index (χ1v) is 11.0. The van der Waals surface area contributed by atoms with E-state index < -0.39 is 23.8 Å². The molecule has 1 heterocycles. The molecule has 3 aromatic rings. The van der Waals surface area contributed by atoms with Crippen LogP contribution in [0.4, 0.5) is 11.4 Å². The fraction of sp³-hybridized carbons (Fsp3) is 0.217. The number of nitrogens with zero attached hydrogens (tertiary/aromatic N) is 2. The number of carbonyl (C=O) groups is 3. The second-order valence-electron chi connectivity index (χ2n) is 7.43. The van der Waals surface area contributed by atoms with E-state index in [0.29, 0.717) is 11.3 Å². The van der Waals surface area contributed by atoms with Crippen molar-refractivity contribution < 1.29 is 24.2 Å². The van der Waals surface area contributed by atoms with Gasteiger partial charge in [0.05, 0.1) is 12.3 Å². The van der Waals surface area contributed by atoms with E-state index in [4.69, 9.17) is 16.2 Å². The van der Waals surface area contributed by atoms with E-state index in [2.05, 4.69) is 9.69 Å². The van der Waals surface area contributed by atoms with Crippen molar-refractivity contribution in [1.29, 1.82) is 0 Å². The minimum atomic E-state index is -1.13. The first kappa shape index (κ1) is 24.7. The smallest absolute Gasteiger partial charge is 0.273 e. The van der Waals surface area contributed by atoms with E-state index in [1.165, 1.54) is 24.1 Å². The molecule has 0 saturated heterocycles. The number of methoxy groups -OCH3 is 1. The number of hydrogen-bond acceptors (Lipinski definition) is 8. The van der Waals surface area contributed by atoms with Gasteiger partial charge in [-0.05, 0) is 48.3 Å². The molecule has 0 radical (unpaired) electrons. The van der Waals surface area contributed by atoms with Gasteiger partial charge < -0.3 is 26.6 Å². The first-order valence-electron chi connectivity index (χ1n) is 10.2. The molecule has 1 aromatic heterocycles. The maximum absolute atomic E-state index is 13.8. The molecule has 34 heavy (non-hydrogen) atoms. The zero-order valence-electron chi connectivity index (χ0n) is 18.6. The van der Waals surface area contributed by atoms with E-state index in [1.54, 1.807) is 36.4 Å². The van der Waals surface area contributed by atoms with Crippen LogP contribution < -0.4 is 21.7 Å². The van der Waals surface area contributed by atoms with Crippen molar-refractivity contribution >= 4 is 40.6 Å². The van der Waals surface area contributed by atoms with Crippen molar-refractivity contribution in [1.82, 2.24) is 9.69 Å². The van der Waals surface area contributed by atoms with Gasteiger partial charge in [0.25, 0.3) is 11.8 Å². The van der Waals surface area contributed by atoms with Crippen molar-refractivity contribution in [2.75, 3.05) is 30.9 Å². The number of phenolic OH excluding ortho intramolecular Hbond substituents is 1. The lowest BCUT2D eigenvalue weighted by Crippen LogP contribution is -2.44. The van der Waals surface area contributed by atoms with Crippen LogP contribution in [-0.2, 0) is 9.53 Å². The molecule has 2 aromatic carbocycles. The molecular formula is C23H25N5O5S. The van der Waals surface area contributed by atoms with E-state index in [9.17, 15) is 19.5 Å². The molecule has 3 rings (SSSR count). The van der Waals surface area contributed by atoms with Gasteiger partial charge >= 0.3 is 0 Å². The maximum atomic E-state index is 13.8. The van der Waals surface area contributed by atoms with Gasteiger partial charge in [-0.2, -0.15) is 4.37 Å². The summed E-state index contributed by atoms with van der Waals surface area (Å²) >= 11 is 0.728. The lowest BCUT2D eigenvalue weighted by Gasteiger charge is -2.31. The van der Waals surface area contributed by atoms with Gasteiger partial charge in [0.15, 0.2) is 5.69 Å². The molecular weight excluding hydrogens is 458 g/mol. The van der Waals surface area contributed by atoms with Gasteiger partial charge in [0.2, 0.25) is 5.91 Å². The monoisotopic (exact) mass is 483 g/mol. The van der Waals surface area contributed by atoms with E-state index >= 15 is 0 Å². The zero-order valence-corrected chi connectivity index (χ0v) is 19.5. The normalized spacial score (nSPS) is 11.6. The lowest BCUT2D eigenvalue weighted by atomic mass is 10.0. The van der Waals surface area contributed by atoms with Crippen LogP contribution in [0.2, 0.25) is 0 Å². The number of anilines is 2. The molecule has 1 atom stereocenters. The number of rotatable bonds is 9. The number of aromatic nitrogens is 1. The number of amides is 3. The molecule has 0 saturated carbocycles. The summed E-state index contributed by atoms with van der Waals surface area (Å²) in [5, 5.41) is 12.5. The third-order valence-corrected chi connectivity index (χ3v) is 5.86. The summed E-state index contributed by atoms with van der Waals surface area (Å²) in [6.07, 6.45) is 0. The highest BCUT2D eigenvalue weighted by Gasteiger charge is 2.36. The summed E-state index contributed by atoms with van der Waals surface area (Å²) in [5.41, 5.74) is 12.8. The zero-order chi connectivity index (χ0) is 24.8. The highest BCUT2D eigenvalue weighted by molar-refractivity contribution is 7.09. The molecule has 0 aliphatic rings. The Kier molecular flexibility index (Phi) is 7.82. The predicted molar refractivity (Wildman–Crippen MR) is 129 cm³/mol. The molecule has 3 amide bonds. The number of phenols is 1. The number of aryl methyl sites for hydroxylation is 1. The Balaban J connectivity index is 2.16. The number of hydrogen-bond donors (Lipinski definition) is 4. The fourth-order valence-corrected chi connectivity index (χ4v) is 4.02. The topological polar surface area (TPSA) is 161 Å². The van der Waals surface area contributed by atoms with Crippen LogP contribution in [0.1, 0.15) is 37.3 Å². The number of aromatic hydroxyl groups is 1. The summed E-state index contributed by atoms with van der Waals surface area (Å²) in [6.45, 7) is 2.38. The van der Waals surface area contributed by atoms with E-state index in [0.717, 1.165) is 17.1 Å². The minimum absolute atomic E-state index is 0.00769. The third-order valence-electron chi connectivity index (χ3n) is 5.01. The van der Waals surface area contributed by atoms with Gasteiger partial charge in [-0.25, -0.2) is 0 Å². The number of carbonyl (C=O) groups excluding carboxylic acids is 3. The van der Waals surface area contributed by atoms with Crippen LogP contribution in [0.25, 0.3) is 0 Å². The number of nitrogen functional groups attached to an aromatic ring is 1. The molecule has 6 N–H and O–H groups in total. The summed E-state index contributed by atoms with van der Waals surface area (Å²) in [6, 6.07) is 11.8. The molecule has 10 nitrogen and oxygen atoms in total. The predicted octanol–water partition coefficient (Wildman–Crippen LogP) is 1.99. The highest BCUT2D eigenvalue weighted by atomic mass is 32.1. The molecule has 0 aliphatic carbocycles. The number of primary amides is 1. The minimum Gasteiger partial charge on any atom is -0.508 e. The number of benzene rings is 2. The largest absolute Gasteiger partial charge is 0.508 e. The lowest BCUT2D eigenvalue weighted by molar-refractivity contribution is -0.122. The SMILES string of the molecule is COCCNC(=O)[C@@H](c1ccc(O)cc1)N(C(=O)c1snc(C(N)=O)c1N)c1ccc(C)cc1. The first-order chi connectivity index (χ1) is 16.2. The van der Waals surface area contributed by atoms with Crippen LogP contribution >= 0.6 is 11.5 Å². The molecule has 0 aliphatic heterocycles. The number of nitrogens with two attached hydrogens (primary N) is 2. The van der Waals surface area contributed by atoms with Gasteiger partial charge in [-0.1, -0.05) is 29.8 Å². The van der Waals surface area contributed by atoms with Crippen LogP contribution in [0.5, 0.6) is 5.75 Å². The van der Waals surface area contributed by atoms with Crippen molar-refractivity contribution in [3.8, 4) is 5.75 Å². The van der Waals surface area contributed by atoms with Crippen LogP contribution in [-0.4, -0.2) is 47.5 Å². The Morgan fingerprint density at radius 2 is 1.79 bits per heavy atom. The van der Waals surface area contributed by atoms with Crippen LogP contribution in [0, 0.1) is 6.92 Å². The summed E-state index contributed by atoms with van der Waals surface area (Å²) in [5.74, 6) is -1.96. The van der Waals surface area contributed by atoms with Gasteiger partial charge in [0.1, 0.15) is 16.7 Å². The Bertz CT molecular complexity index is 1180. The van der Waals surface area contributed by atoms with Crippen molar-refractivity contribution in [2.45, 2.75) is 13.0 Å². The van der Waals surface area contributed by atoms with E-state index in [1.807, 2.05) is 6.92 Å². The summed E-state index contributed by atoms with van der Waals surface area (Å²) in [4.78, 5) is 40.1. The van der Waals surface area contributed by atoms with Gasteiger partial charge in [-0.15, -0.1) is 0 Å². The molecule has 178 valence electrons. The van der Waals surface area contributed by atoms with Crippen LogP contribution in [0.15, 0.2) is 48.5 Å². The maximum Gasteiger partial charge on any atom is 0.273 e. The van der Waals surface area contributed by atoms with Crippen LogP contribution in [0.3, 0.4) is 0 Å². The Hall–Kier alpha value is -3.96. The molecule has 0 spiro atoms. The number of ether oxygens (including phenoxy) is 1. The van der Waals surface area contributed by atoms with Gasteiger partial charge in [-0.3, -0.25) is 19.3 Å². The summed E-state index contributed by atoms with van der Waals surface area (Å²) < 4.78 is 8.93. The van der Waals surface area contributed by atoms with Crippen molar-refractivity contribution in [2.24, 2.45) is 5.73 Å². The number of nitrogens with one attached hydrogen (secondary N) is 1. The van der Waals surface area contributed by atoms with Gasteiger partial charge in [0, 0.05) is 19.3 Å². The Labute approximate surface area is 200 Å². The molecule has 0 fully saturated rings. The second-order valence-corrected chi connectivity index (χ2v) is 8.20. The average molecular weight is 484 g/mol. The molecule has 0 bridgehead atoms. The quantitative estimate of drug-likeness (QED) is 0.338. The van der Waals surface area contributed by atoms with Crippen molar-refractivity contribution in [3.05, 3.63) is 70.2 Å². The summed E-state index contributed by atoms with van der Waals surface area (Å²) in [7, 11) is 1.51. The second kappa shape index (κ2) is 10.8. The fourth-order valence-electron chi connectivity index (χ4n) is 3.27. The third kappa shape index (κ3) is 5.33.